The van der Waals surface area contributed by atoms with Crippen molar-refractivity contribution in [3.8, 4) is 5.75 Å². The van der Waals surface area contributed by atoms with Crippen LogP contribution in [0.15, 0.2) is 34.8 Å². The zero-order valence-corrected chi connectivity index (χ0v) is 13.3. The van der Waals surface area contributed by atoms with E-state index in [1.54, 1.807) is 6.07 Å². The number of ether oxygens (including phenoxy) is 1. The number of hydrogen-bond donors (Lipinski definition) is 0. The second-order valence-electron chi connectivity index (χ2n) is 4.02. The number of halogens is 5. The van der Waals surface area contributed by atoms with Crippen LogP contribution in [0, 0.1) is 17.5 Å². The van der Waals surface area contributed by atoms with Gasteiger partial charge in [0.05, 0.1) is 4.47 Å². The molecule has 0 saturated heterocycles. The highest BCUT2D eigenvalue weighted by Gasteiger charge is 2.14. The Bertz CT molecular complexity index is 609. The lowest BCUT2D eigenvalue weighted by Gasteiger charge is -2.11. The average Bonchev–Trinajstić information content (AvgIpc) is 2.42. The standard InChI is InChI=1S/C14H9Br2F3O/c15-6-8-4-11(18)14(12(19)5-8)20-7-9-2-1-3-10(17)13(9)16/h1-5H,6-7H2. The third-order valence-corrected chi connectivity index (χ3v) is 4.15. The Morgan fingerprint density at radius 2 is 1.65 bits per heavy atom. The van der Waals surface area contributed by atoms with Gasteiger partial charge in [-0.1, -0.05) is 28.1 Å². The fourth-order valence-electron chi connectivity index (χ4n) is 1.64. The van der Waals surface area contributed by atoms with Gasteiger partial charge in [0.25, 0.3) is 0 Å². The maximum absolute atomic E-state index is 13.7. The molecular weight excluding hydrogens is 401 g/mol. The quantitative estimate of drug-likeness (QED) is 0.619. The molecule has 2 rings (SSSR count). The van der Waals surface area contributed by atoms with E-state index in [-0.39, 0.29) is 11.1 Å². The van der Waals surface area contributed by atoms with Gasteiger partial charge in [-0.05, 0) is 39.7 Å². The second-order valence-corrected chi connectivity index (χ2v) is 5.38. The molecule has 0 unspecified atom stereocenters. The molecule has 0 spiro atoms. The summed E-state index contributed by atoms with van der Waals surface area (Å²) >= 11 is 6.19. The third-order valence-electron chi connectivity index (χ3n) is 2.62. The Kier molecular flexibility index (Phi) is 5.10. The van der Waals surface area contributed by atoms with E-state index in [4.69, 9.17) is 4.74 Å². The summed E-state index contributed by atoms with van der Waals surface area (Å²) in [6, 6.07) is 6.76. The second kappa shape index (κ2) is 6.63. The predicted octanol–water partition coefficient (Wildman–Crippen LogP) is 5.34. The van der Waals surface area contributed by atoms with Crippen LogP contribution in [0.4, 0.5) is 13.2 Å². The Labute approximate surface area is 131 Å². The van der Waals surface area contributed by atoms with Gasteiger partial charge in [-0.25, -0.2) is 13.2 Å². The first kappa shape index (κ1) is 15.4. The minimum absolute atomic E-state index is 0.139. The molecule has 2 aromatic carbocycles. The highest BCUT2D eigenvalue weighted by Crippen LogP contribution is 2.27. The zero-order valence-electron chi connectivity index (χ0n) is 10.1. The van der Waals surface area contributed by atoms with Crippen molar-refractivity contribution >= 4 is 31.9 Å². The zero-order chi connectivity index (χ0) is 14.7. The molecule has 6 heteroatoms. The first-order chi connectivity index (χ1) is 9.52. The van der Waals surface area contributed by atoms with Crippen LogP contribution in [-0.4, -0.2) is 0 Å². The topological polar surface area (TPSA) is 9.23 Å². The highest BCUT2D eigenvalue weighted by atomic mass is 79.9. The first-order valence-corrected chi connectivity index (χ1v) is 7.54. The average molecular weight is 410 g/mol. The number of hydrogen-bond acceptors (Lipinski definition) is 1. The van der Waals surface area contributed by atoms with E-state index in [0.29, 0.717) is 16.5 Å². The summed E-state index contributed by atoms with van der Waals surface area (Å²) in [6.07, 6.45) is 0. The molecule has 0 fully saturated rings. The third kappa shape index (κ3) is 3.35. The normalized spacial score (nSPS) is 10.7. The Morgan fingerprint density at radius 3 is 2.25 bits per heavy atom. The molecule has 0 aromatic heterocycles. The molecule has 106 valence electrons. The van der Waals surface area contributed by atoms with Crippen LogP contribution in [0.1, 0.15) is 11.1 Å². The van der Waals surface area contributed by atoms with Crippen molar-refractivity contribution in [2.75, 3.05) is 0 Å². The van der Waals surface area contributed by atoms with Crippen molar-refractivity contribution in [2.24, 2.45) is 0 Å². The molecule has 0 aliphatic rings. The fourth-order valence-corrected chi connectivity index (χ4v) is 2.34. The van der Waals surface area contributed by atoms with Gasteiger partial charge < -0.3 is 4.74 Å². The largest absolute Gasteiger partial charge is 0.483 e. The molecule has 1 nitrogen and oxygen atoms in total. The van der Waals surface area contributed by atoms with E-state index >= 15 is 0 Å². The monoisotopic (exact) mass is 408 g/mol. The van der Waals surface area contributed by atoms with Crippen molar-refractivity contribution in [3.63, 3.8) is 0 Å². The Balaban J connectivity index is 2.21. The summed E-state index contributed by atoms with van der Waals surface area (Å²) in [5, 5.41) is 0.344. The minimum Gasteiger partial charge on any atom is -0.483 e. The van der Waals surface area contributed by atoms with Gasteiger partial charge >= 0.3 is 0 Å². The molecule has 0 atom stereocenters. The van der Waals surface area contributed by atoms with E-state index in [0.717, 1.165) is 0 Å². The lowest BCUT2D eigenvalue weighted by Crippen LogP contribution is -2.02. The molecule has 0 N–H and O–H groups in total. The van der Waals surface area contributed by atoms with Crippen molar-refractivity contribution in [1.82, 2.24) is 0 Å². The maximum Gasteiger partial charge on any atom is 0.191 e. The highest BCUT2D eigenvalue weighted by molar-refractivity contribution is 9.10. The lowest BCUT2D eigenvalue weighted by molar-refractivity contribution is 0.272. The lowest BCUT2D eigenvalue weighted by atomic mass is 10.2. The van der Waals surface area contributed by atoms with Crippen LogP contribution < -0.4 is 4.74 Å². The van der Waals surface area contributed by atoms with Crippen LogP contribution in [-0.2, 0) is 11.9 Å². The molecule has 0 amide bonds. The summed E-state index contributed by atoms with van der Waals surface area (Å²) in [6.45, 7) is -0.139. The number of alkyl halides is 1. The molecular formula is C14H9Br2F3O. The molecule has 0 bridgehead atoms. The van der Waals surface area contributed by atoms with Crippen molar-refractivity contribution < 1.29 is 17.9 Å². The number of benzene rings is 2. The van der Waals surface area contributed by atoms with Gasteiger partial charge in [0.15, 0.2) is 17.4 Å². The van der Waals surface area contributed by atoms with Gasteiger partial charge in [0.1, 0.15) is 12.4 Å². The molecule has 20 heavy (non-hydrogen) atoms. The van der Waals surface area contributed by atoms with E-state index in [1.165, 1.54) is 24.3 Å². The molecule has 0 radical (unpaired) electrons. The summed E-state index contributed by atoms with van der Waals surface area (Å²) in [4.78, 5) is 0. The molecule has 0 heterocycles. The van der Waals surface area contributed by atoms with Crippen LogP contribution in [0.5, 0.6) is 5.75 Å². The van der Waals surface area contributed by atoms with Gasteiger partial charge in [0.2, 0.25) is 0 Å². The minimum atomic E-state index is -0.785. The van der Waals surface area contributed by atoms with Crippen molar-refractivity contribution in [2.45, 2.75) is 11.9 Å². The molecule has 0 saturated carbocycles. The van der Waals surface area contributed by atoms with E-state index in [9.17, 15) is 13.2 Å². The van der Waals surface area contributed by atoms with Gasteiger partial charge in [-0.2, -0.15) is 0 Å². The number of rotatable bonds is 4. The van der Waals surface area contributed by atoms with Crippen LogP contribution in [0.25, 0.3) is 0 Å². The summed E-state index contributed by atoms with van der Waals surface area (Å²) in [5.41, 5.74) is 0.938. The van der Waals surface area contributed by atoms with Crippen LogP contribution in [0.3, 0.4) is 0 Å². The van der Waals surface area contributed by atoms with Gasteiger partial charge in [-0.15, -0.1) is 0 Å². The summed E-state index contributed by atoms with van der Waals surface area (Å²) in [7, 11) is 0. The van der Waals surface area contributed by atoms with Gasteiger partial charge in [0, 0.05) is 10.9 Å². The predicted molar refractivity (Wildman–Crippen MR) is 77.4 cm³/mol. The maximum atomic E-state index is 13.7. The van der Waals surface area contributed by atoms with Crippen LogP contribution in [0.2, 0.25) is 0 Å². The fraction of sp³-hybridized carbons (Fsp3) is 0.143. The van der Waals surface area contributed by atoms with Gasteiger partial charge in [-0.3, -0.25) is 0 Å². The van der Waals surface area contributed by atoms with E-state index in [1.807, 2.05) is 0 Å². The van der Waals surface area contributed by atoms with Crippen molar-refractivity contribution in [1.29, 1.82) is 0 Å². The molecule has 0 aliphatic heterocycles. The first-order valence-electron chi connectivity index (χ1n) is 5.62. The molecule has 2 aromatic rings. The molecule has 0 aliphatic carbocycles. The van der Waals surface area contributed by atoms with Crippen LogP contribution >= 0.6 is 31.9 Å². The van der Waals surface area contributed by atoms with E-state index < -0.39 is 23.2 Å². The summed E-state index contributed by atoms with van der Waals surface area (Å²) in [5.74, 6) is -2.49. The summed E-state index contributed by atoms with van der Waals surface area (Å²) < 4.78 is 46.1. The van der Waals surface area contributed by atoms with E-state index in [2.05, 4.69) is 31.9 Å². The van der Waals surface area contributed by atoms with Crippen molar-refractivity contribution in [3.05, 3.63) is 63.4 Å². The SMILES string of the molecule is Fc1cccc(COc2c(F)cc(CBr)cc2F)c1Br. The smallest absolute Gasteiger partial charge is 0.191 e. The Morgan fingerprint density at radius 1 is 1.00 bits per heavy atom. The Hall–Kier alpha value is -1.01.